The van der Waals surface area contributed by atoms with E-state index < -0.39 is 0 Å². The first-order valence-corrected chi connectivity index (χ1v) is 8.69. The Kier molecular flexibility index (Phi) is 5.43. The molecule has 7 nitrogen and oxygen atoms in total. The van der Waals surface area contributed by atoms with Crippen molar-refractivity contribution in [3.63, 3.8) is 0 Å². The Morgan fingerprint density at radius 1 is 1.20 bits per heavy atom. The summed E-state index contributed by atoms with van der Waals surface area (Å²) in [6.07, 6.45) is 2.13. The molecular weight excluding hydrogens is 322 g/mol. The highest BCUT2D eigenvalue weighted by atomic mass is 16.7. The molecule has 1 aliphatic heterocycles. The number of nitrogens with one attached hydrogen (secondary N) is 1. The lowest BCUT2D eigenvalue weighted by Crippen LogP contribution is -2.42. The number of carbonyl (C=O) groups is 2. The first-order chi connectivity index (χ1) is 12.0. The van der Waals surface area contributed by atoms with Crippen LogP contribution >= 0.6 is 0 Å². The van der Waals surface area contributed by atoms with Crippen LogP contribution in [0.2, 0.25) is 0 Å². The molecule has 1 heterocycles. The second-order valence-corrected chi connectivity index (χ2v) is 6.61. The van der Waals surface area contributed by atoms with Crippen LogP contribution in [0.4, 0.5) is 0 Å². The van der Waals surface area contributed by atoms with Gasteiger partial charge in [0.1, 0.15) is 0 Å². The van der Waals surface area contributed by atoms with Crippen LogP contribution in [0, 0.1) is 0 Å². The number of nitrogens with zero attached hydrogens (tertiary/aromatic N) is 2. The normalized spacial score (nSPS) is 15.3. The summed E-state index contributed by atoms with van der Waals surface area (Å²) in [6.45, 7) is 3.76. The van der Waals surface area contributed by atoms with Crippen molar-refractivity contribution in [2.24, 2.45) is 0 Å². The van der Waals surface area contributed by atoms with Crippen LogP contribution in [0.1, 0.15) is 25.3 Å². The summed E-state index contributed by atoms with van der Waals surface area (Å²) in [5, 5.41) is 2.93. The quantitative estimate of drug-likeness (QED) is 0.759. The number of amides is 2. The number of rotatable bonds is 8. The van der Waals surface area contributed by atoms with Crippen molar-refractivity contribution in [3.05, 3.63) is 23.8 Å². The molecule has 1 saturated carbocycles. The van der Waals surface area contributed by atoms with E-state index in [-0.39, 0.29) is 31.7 Å². The molecular formula is C18H25N3O4. The SMILES string of the molecule is CCN(Cc1ccc2c(c1)OCO2)C(=O)CN(C)CC(=O)NC1CC1. The van der Waals surface area contributed by atoms with Crippen molar-refractivity contribution in [2.75, 3.05) is 33.5 Å². The van der Waals surface area contributed by atoms with Gasteiger partial charge in [-0.05, 0) is 44.5 Å². The fourth-order valence-electron chi connectivity index (χ4n) is 2.77. The molecule has 25 heavy (non-hydrogen) atoms. The first-order valence-electron chi connectivity index (χ1n) is 8.69. The van der Waals surface area contributed by atoms with Gasteiger partial charge in [0.05, 0.1) is 13.1 Å². The number of fused-ring (bicyclic) bond motifs is 1. The van der Waals surface area contributed by atoms with E-state index in [0.717, 1.165) is 29.9 Å². The van der Waals surface area contributed by atoms with E-state index >= 15 is 0 Å². The fourth-order valence-corrected chi connectivity index (χ4v) is 2.77. The Hall–Kier alpha value is -2.28. The predicted molar refractivity (Wildman–Crippen MR) is 92.3 cm³/mol. The molecule has 0 aromatic heterocycles. The molecule has 3 rings (SSSR count). The average Bonchev–Trinajstić information content (AvgIpc) is 3.25. The van der Waals surface area contributed by atoms with Crippen LogP contribution in [-0.4, -0.2) is 61.1 Å². The van der Waals surface area contributed by atoms with Crippen molar-refractivity contribution in [1.82, 2.24) is 15.1 Å². The Bertz CT molecular complexity index is 645. The van der Waals surface area contributed by atoms with Crippen LogP contribution in [-0.2, 0) is 16.1 Å². The van der Waals surface area contributed by atoms with Crippen LogP contribution in [0.3, 0.4) is 0 Å². The zero-order chi connectivity index (χ0) is 17.8. The Morgan fingerprint density at radius 3 is 2.68 bits per heavy atom. The van der Waals surface area contributed by atoms with E-state index in [9.17, 15) is 9.59 Å². The molecule has 136 valence electrons. The molecule has 1 aliphatic carbocycles. The van der Waals surface area contributed by atoms with Crippen molar-refractivity contribution in [2.45, 2.75) is 32.4 Å². The molecule has 2 amide bonds. The summed E-state index contributed by atoms with van der Waals surface area (Å²) in [6, 6.07) is 6.06. The number of carbonyl (C=O) groups excluding carboxylic acids is 2. The van der Waals surface area contributed by atoms with Crippen LogP contribution in [0.5, 0.6) is 11.5 Å². The molecule has 2 aliphatic rings. The lowest BCUT2D eigenvalue weighted by atomic mass is 10.2. The Labute approximate surface area is 147 Å². The molecule has 0 unspecified atom stereocenters. The number of benzene rings is 1. The highest BCUT2D eigenvalue weighted by molar-refractivity contribution is 5.81. The maximum absolute atomic E-state index is 12.5. The minimum absolute atomic E-state index is 0.00175. The highest BCUT2D eigenvalue weighted by Crippen LogP contribution is 2.32. The molecule has 1 aromatic rings. The van der Waals surface area contributed by atoms with Gasteiger partial charge in [0, 0.05) is 19.1 Å². The van der Waals surface area contributed by atoms with E-state index in [2.05, 4.69) is 5.32 Å². The molecule has 1 fully saturated rings. The van der Waals surface area contributed by atoms with E-state index in [1.807, 2.05) is 25.1 Å². The molecule has 7 heteroatoms. The van der Waals surface area contributed by atoms with E-state index in [0.29, 0.717) is 19.1 Å². The van der Waals surface area contributed by atoms with E-state index in [1.54, 1.807) is 16.8 Å². The molecule has 1 N–H and O–H groups in total. The summed E-state index contributed by atoms with van der Waals surface area (Å²) in [5.74, 6) is 1.44. The van der Waals surface area contributed by atoms with Crippen LogP contribution in [0.15, 0.2) is 18.2 Å². The topological polar surface area (TPSA) is 71.1 Å². The van der Waals surface area contributed by atoms with Crippen LogP contribution in [0.25, 0.3) is 0 Å². The molecule has 0 bridgehead atoms. The second-order valence-electron chi connectivity index (χ2n) is 6.61. The zero-order valence-electron chi connectivity index (χ0n) is 14.8. The number of likely N-dealkylation sites (N-methyl/N-ethyl adjacent to an activating group) is 2. The lowest BCUT2D eigenvalue weighted by Gasteiger charge is -2.24. The largest absolute Gasteiger partial charge is 0.454 e. The molecule has 1 aromatic carbocycles. The minimum Gasteiger partial charge on any atom is -0.454 e. The van der Waals surface area contributed by atoms with Gasteiger partial charge in [0.15, 0.2) is 11.5 Å². The maximum Gasteiger partial charge on any atom is 0.237 e. The smallest absolute Gasteiger partial charge is 0.237 e. The third-order valence-electron chi connectivity index (χ3n) is 4.31. The standard InChI is InChI=1S/C18H25N3O4/c1-3-21(9-13-4-7-15-16(8-13)25-12-24-15)18(23)11-20(2)10-17(22)19-14-5-6-14/h4,7-8,14H,3,5-6,9-12H2,1-2H3,(H,19,22). The van der Waals surface area contributed by atoms with Gasteiger partial charge in [-0.2, -0.15) is 0 Å². The zero-order valence-corrected chi connectivity index (χ0v) is 14.8. The van der Waals surface area contributed by atoms with Gasteiger partial charge in [-0.1, -0.05) is 6.07 Å². The van der Waals surface area contributed by atoms with Gasteiger partial charge in [0.2, 0.25) is 18.6 Å². The third-order valence-corrected chi connectivity index (χ3v) is 4.31. The molecule has 0 saturated heterocycles. The average molecular weight is 347 g/mol. The van der Waals surface area contributed by atoms with Crippen molar-refractivity contribution in [3.8, 4) is 11.5 Å². The fraction of sp³-hybridized carbons (Fsp3) is 0.556. The van der Waals surface area contributed by atoms with E-state index in [4.69, 9.17) is 9.47 Å². The van der Waals surface area contributed by atoms with Gasteiger partial charge in [-0.3, -0.25) is 14.5 Å². The second kappa shape index (κ2) is 7.74. The summed E-state index contributed by atoms with van der Waals surface area (Å²) < 4.78 is 10.7. The lowest BCUT2D eigenvalue weighted by molar-refractivity contribution is -0.133. The summed E-state index contributed by atoms with van der Waals surface area (Å²) in [7, 11) is 1.79. The van der Waals surface area contributed by atoms with Gasteiger partial charge in [-0.25, -0.2) is 0 Å². The van der Waals surface area contributed by atoms with E-state index in [1.165, 1.54) is 0 Å². The van der Waals surface area contributed by atoms with Crippen molar-refractivity contribution >= 4 is 11.8 Å². The van der Waals surface area contributed by atoms with Gasteiger partial charge < -0.3 is 19.7 Å². The summed E-state index contributed by atoms with van der Waals surface area (Å²) in [5.41, 5.74) is 0.994. The highest BCUT2D eigenvalue weighted by Gasteiger charge is 2.24. The van der Waals surface area contributed by atoms with Crippen LogP contribution < -0.4 is 14.8 Å². The monoisotopic (exact) mass is 347 g/mol. The summed E-state index contributed by atoms with van der Waals surface area (Å²) >= 11 is 0. The van der Waals surface area contributed by atoms with Gasteiger partial charge in [0.25, 0.3) is 0 Å². The number of hydrogen-bond acceptors (Lipinski definition) is 5. The number of ether oxygens (including phenoxy) is 2. The predicted octanol–water partition coefficient (Wildman–Crippen LogP) is 0.974. The van der Waals surface area contributed by atoms with Gasteiger partial charge in [-0.15, -0.1) is 0 Å². The maximum atomic E-state index is 12.5. The van der Waals surface area contributed by atoms with Gasteiger partial charge >= 0.3 is 0 Å². The summed E-state index contributed by atoms with van der Waals surface area (Å²) in [4.78, 5) is 27.9. The molecule has 0 atom stereocenters. The Balaban J connectivity index is 1.50. The first kappa shape index (κ1) is 17.5. The number of hydrogen-bond donors (Lipinski definition) is 1. The van der Waals surface area contributed by atoms with Crippen molar-refractivity contribution < 1.29 is 19.1 Å². The third kappa shape index (κ3) is 4.85. The molecule has 0 radical (unpaired) electrons. The van der Waals surface area contributed by atoms with Crippen molar-refractivity contribution in [1.29, 1.82) is 0 Å². The molecule has 0 spiro atoms. The Morgan fingerprint density at radius 2 is 1.96 bits per heavy atom. The minimum atomic E-state index is -0.0170.